The van der Waals surface area contributed by atoms with E-state index < -0.39 is 0 Å². The number of phenols is 2. The van der Waals surface area contributed by atoms with Crippen molar-refractivity contribution in [2.24, 2.45) is 0 Å². The number of benzene rings is 2. The van der Waals surface area contributed by atoms with Crippen LogP contribution in [-0.4, -0.2) is 10.2 Å². The smallest absolute Gasteiger partial charge is 0.120 e. The zero-order valence-electron chi connectivity index (χ0n) is 12.8. The van der Waals surface area contributed by atoms with Crippen LogP contribution in [0.5, 0.6) is 11.5 Å². The zero-order chi connectivity index (χ0) is 15.4. The molecule has 0 spiro atoms. The highest BCUT2D eigenvalue weighted by molar-refractivity contribution is 5.40. The lowest BCUT2D eigenvalue weighted by Gasteiger charge is -2.22. The molecule has 0 heterocycles. The maximum atomic E-state index is 9.91. The van der Waals surface area contributed by atoms with E-state index in [-0.39, 0.29) is 23.6 Å². The molecule has 2 aromatic rings. The summed E-state index contributed by atoms with van der Waals surface area (Å²) in [6.07, 6.45) is 1.04. The fraction of sp³-hybridized carbons (Fsp3) is 0.333. The number of aromatic hydroxyl groups is 2. The first kappa shape index (κ1) is 15.4. The van der Waals surface area contributed by atoms with Crippen LogP contribution >= 0.6 is 0 Å². The Bertz CT molecular complexity index is 593. The van der Waals surface area contributed by atoms with Crippen molar-refractivity contribution in [3.05, 3.63) is 59.2 Å². The second-order valence-electron chi connectivity index (χ2n) is 5.45. The summed E-state index contributed by atoms with van der Waals surface area (Å²) in [5.74, 6) is 0.359. The van der Waals surface area contributed by atoms with E-state index in [2.05, 4.69) is 43.4 Å². The Kier molecular flexibility index (Phi) is 4.86. The first-order valence-corrected chi connectivity index (χ1v) is 7.38. The van der Waals surface area contributed by atoms with Gasteiger partial charge in [0.2, 0.25) is 0 Å². The Hall–Kier alpha value is -2.00. The Balaban J connectivity index is 2.10. The normalized spacial score (nSPS) is 13.9. The minimum absolute atomic E-state index is 0.0575. The van der Waals surface area contributed by atoms with Crippen LogP contribution in [0.1, 0.15) is 49.5 Å². The lowest BCUT2D eigenvalue weighted by molar-refractivity contribution is 0.429. The molecule has 0 amide bonds. The van der Waals surface area contributed by atoms with Gasteiger partial charge in [-0.3, -0.25) is 0 Å². The van der Waals surface area contributed by atoms with Crippen LogP contribution in [0.3, 0.4) is 0 Å². The van der Waals surface area contributed by atoms with Crippen LogP contribution in [0.4, 0.5) is 0 Å². The van der Waals surface area contributed by atoms with Gasteiger partial charge in [-0.15, -0.1) is 0 Å². The molecule has 3 nitrogen and oxygen atoms in total. The van der Waals surface area contributed by atoms with Crippen LogP contribution in [0, 0.1) is 0 Å². The molecule has 0 fully saturated rings. The molecule has 0 aliphatic carbocycles. The molecule has 2 atom stereocenters. The van der Waals surface area contributed by atoms with E-state index in [4.69, 9.17) is 0 Å². The molecule has 2 unspecified atom stereocenters. The largest absolute Gasteiger partial charge is 0.508 e. The summed E-state index contributed by atoms with van der Waals surface area (Å²) in [4.78, 5) is 0. The van der Waals surface area contributed by atoms with Crippen molar-refractivity contribution in [1.82, 2.24) is 5.32 Å². The molecule has 0 aliphatic rings. The van der Waals surface area contributed by atoms with Gasteiger partial charge in [0.25, 0.3) is 0 Å². The lowest BCUT2D eigenvalue weighted by atomic mass is 10.0. The average Bonchev–Trinajstić information content (AvgIpc) is 2.49. The van der Waals surface area contributed by atoms with Gasteiger partial charge >= 0.3 is 0 Å². The van der Waals surface area contributed by atoms with Crippen molar-refractivity contribution in [2.75, 3.05) is 0 Å². The monoisotopic (exact) mass is 285 g/mol. The van der Waals surface area contributed by atoms with Gasteiger partial charge in [0.1, 0.15) is 11.5 Å². The van der Waals surface area contributed by atoms with Crippen molar-refractivity contribution in [1.29, 1.82) is 0 Å². The SMILES string of the molecule is CCc1ccc(C(C)NC(C)c2cc(O)ccc2O)cc1. The molecule has 0 bridgehead atoms. The number of aryl methyl sites for hydroxylation is 1. The zero-order valence-corrected chi connectivity index (χ0v) is 12.8. The highest BCUT2D eigenvalue weighted by atomic mass is 16.3. The molecular weight excluding hydrogens is 262 g/mol. The summed E-state index contributed by atoms with van der Waals surface area (Å²) in [6.45, 7) is 6.21. The van der Waals surface area contributed by atoms with Gasteiger partial charge < -0.3 is 15.5 Å². The van der Waals surface area contributed by atoms with Crippen LogP contribution < -0.4 is 5.32 Å². The molecule has 0 saturated heterocycles. The predicted octanol–water partition coefficient (Wildman–Crippen LogP) is 4.07. The van der Waals surface area contributed by atoms with Gasteiger partial charge in [-0.05, 0) is 49.6 Å². The van der Waals surface area contributed by atoms with E-state index in [0.29, 0.717) is 5.56 Å². The van der Waals surface area contributed by atoms with E-state index in [1.54, 1.807) is 6.07 Å². The third kappa shape index (κ3) is 3.76. The Morgan fingerprint density at radius 3 is 2.24 bits per heavy atom. The number of hydrogen-bond acceptors (Lipinski definition) is 3. The van der Waals surface area contributed by atoms with E-state index in [0.717, 1.165) is 6.42 Å². The lowest BCUT2D eigenvalue weighted by Crippen LogP contribution is -2.22. The number of nitrogens with one attached hydrogen (secondary N) is 1. The summed E-state index contributed by atoms with van der Waals surface area (Å²) in [5.41, 5.74) is 3.23. The summed E-state index contributed by atoms with van der Waals surface area (Å²) in [6, 6.07) is 13.2. The number of rotatable bonds is 5. The Morgan fingerprint density at radius 1 is 0.952 bits per heavy atom. The topological polar surface area (TPSA) is 52.5 Å². The van der Waals surface area contributed by atoms with Crippen LogP contribution in [-0.2, 0) is 6.42 Å². The first-order valence-electron chi connectivity index (χ1n) is 7.38. The van der Waals surface area contributed by atoms with Gasteiger partial charge in [0, 0.05) is 17.6 Å². The molecule has 3 heteroatoms. The van der Waals surface area contributed by atoms with Crippen LogP contribution in [0.2, 0.25) is 0 Å². The van der Waals surface area contributed by atoms with E-state index >= 15 is 0 Å². The summed E-state index contributed by atoms with van der Waals surface area (Å²) < 4.78 is 0. The molecule has 0 aliphatic heterocycles. The first-order chi connectivity index (χ1) is 10.0. The molecule has 2 aromatic carbocycles. The van der Waals surface area contributed by atoms with Gasteiger partial charge in [-0.2, -0.15) is 0 Å². The average molecular weight is 285 g/mol. The van der Waals surface area contributed by atoms with Crippen molar-refractivity contribution in [3.8, 4) is 11.5 Å². The van der Waals surface area contributed by atoms with Crippen molar-refractivity contribution < 1.29 is 10.2 Å². The summed E-state index contributed by atoms with van der Waals surface area (Å²) in [7, 11) is 0. The van der Waals surface area contributed by atoms with Crippen molar-refractivity contribution in [3.63, 3.8) is 0 Å². The van der Waals surface area contributed by atoms with Crippen molar-refractivity contribution >= 4 is 0 Å². The third-order valence-electron chi connectivity index (χ3n) is 3.87. The maximum Gasteiger partial charge on any atom is 0.120 e. The fourth-order valence-corrected chi connectivity index (χ4v) is 2.49. The Morgan fingerprint density at radius 2 is 1.62 bits per heavy atom. The highest BCUT2D eigenvalue weighted by Crippen LogP contribution is 2.29. The summed E-state index contributed by atoms with van der Waals surface area (Å²) in [5, 5.41) is 22.9. The predicted molar refractivity (Wildman–Crippen MR) is 85.6 cm³/mol. The quantitative estimate of drug-likeness (QED) is 0.726. The molecule has 21 heavy (non-hydrogen) atoms. The van der Waals surface area contributed by atoms with Gasteiger partial charge in [0.15, 0.2) is 0 Å². The van der Waals surface area contributed by atoms with Gasteiger partial charge in [0.05, 0.1) is 0 Å². The molecule has 0 radical (unpaired) electrons. The number of hydrogen-bond donors (Lipinski definition) is 3. The second kappa shape index (κ2) is 6.64. The van der Waals surface area contributed by atoms with E-state index in [1.165, 1.54) is 23.3 Å². The highest BCUT2D eigenvalue weighted by Gasteiger charge is 2.14. The molecule has 3 N–H and O–H groups in total. The fourth-order valence-electron chi connectivity index (χ4n) is 2.49. The minimum atomic E-state index is -0.0575. The van der Waals surface area contributed by atoms with Crippen LogP contribution in [0.25, 0.3) is 0 Å². The van der Waals surface area contributed by atoms with Gasteiger partial charge in [-0.25, -0.2) is 0 Å². The molecule has 0 aromatic heterocycles. The van der Waals surface area contributed by atoms with Crippen LogP contribution in [0.15, 0.2) is 42.5 Å². The van der Waals surface area contributed by atoms with E-state index in [9.17, 15) is 10.2 Å². The van der Waals surface area contributed by atoms with Gasteiger partial charge in [-0.1, -0.05) is 31.2 Å². The maximum absolute atomic E-state index is 9.91. The molecule has 2 rings (SSSR count). The molecular formula is C18H23NO2. The Labute approximate surface area is 126 Å². The van der Waals surface area contributed by atoms with E-state index in [1.807, 2.05) is 6.92 Å². The second-order valence-corrected chi connectivity index (χ2v) is 5.45. The number of phenolic OH excluding ortho intramolecular Hbond substituents is 2. The molecule has 0 saturated carbocycles. The molecule has 112 valence electrons. The standard InChI is InChI=1S/C18H23NO2/c1-4-14-5-7-15(8-6-14)12(2)19-13(3)17-11-16(20)9-10-18(17)21/h5-13,19-21H,4H2,1-3H3. The summed E-state index contributed by atoms with van der Waals surface area (Å²) >= 11 is 0. The minimum Gasteiger partial charge on any atom is -0.508 e. The van der Waals surface area contributed by atoms with Crippen molar-refractivity contribution in [2.45, 2.75) is 39.3 Å². The third-order valence-corrected chi connectivity index (χ3v) is 3.87.